The summed E-state index contributed by atoms with van der Waals surface area (Å²) in [5.74, 6) is -1.58. The van der Waals surface area contributed by atoms with Crippen molar-refractivity contribution in [2.75, 3.05) is 0 Å². The lowest BCUT2D eigenvalue weighted by Gasteiger charge is -2.12. The second kappa shape index (κ2) is 5.68. The lowest BCUT2D eigenvalue weighted by atomic mass is 10.1. The average Bonchev–Trinajstić information content (AvgIpc) is 2.87. The number of nitrogens with one attached hydrogen (secondary N) is 1. The van der Waals surface area contributed by atoms with Gasteiger partial charge in [0, 0.05) is 23.7 Å². The second-order valence-electron chi connectivity index (χ2n) is 4.82. The van der Waals surface area contributed by atoms with Crippen LogP contribution in [-0.2, 0) is 4.79 Å². The normalized spacial score (nSPS) is 21.4. The number of aliphatic carboxylic acids is 1. The third-order valence-corrected chi connectivity index (χ3v) is 3.46. The van der Waals surface area contributed by atoms with Crippen LogP contribution in [0.15, 0.2) is 24.3 Å². The van der Waals surface area contributed by atoms with Crippen molar-refractivity contribution >= 4 is 17.6 Å². The Balaban J connectivity index is 1.95. The number of rotatable bonds is 4. The van der Waals surface area contributed by atoms with Crippen LogP contribution in [0.25, 0.3) is 0 Å². The van der Waals surface area contributed by atoms with Gasteiger partial charge in [0.1, 0.15) is 0 Å². The number of non-ortho nitro benzene ring substituents is 1. The van der Waals surface area contributed by atoms with Crippen molar-refractivity contribution in [1.29, 1.82) is 0 Å². The van der Waals surface area contributed by atoms with E-state index in [1.165, 1.54) is 24.3 Å². The molecule has 1 amide bonds. The highest BCUT2D eigenvalue weighted by Gasteiger charge is 2.30. The van der Waals surface area contributed by atoms with Crippen LogP contribution in [0.1, 0.15) is 29.6 Å². The SMILES string of the molecule is O=C(N[C@H]1CC[C@@H](C(=O)O)C1)c1ccc([N+](=O)[O-])cc1. The van der Waals surface area contributed by atoms with Gasteiger partial charge in [-0.1, -0.05) is 0 Å². The minimum Gasteiger partial charge on any atom is -0.481 e. The smallest absolute Gasteiger partial charge is 0.306 e. The molecule has 0 radical (unpaired) electrons. The zero-order chi connectivity index (χ0) is 14.7. The zero-order valence-corrected chi connectivity index (χ0v) is 10.6. The molecule has 7 heteroatoms. The molecule has 0 aromatic heterocycles. The van der Waals surface area contributed by atoms with Crippen LogP contribution in [0.5, 0.6) is 0 Å². The summed E-state index contributed by atoms with van der Waals surface area (Å²) in [6.45, 7) is 0. The van der Waals surface area contributed by atoms with Crippen molar-refractivity contribution in [1.82, 2.24) is 5.32 Å². The lowest BCUT2D eigenvalue weighted by molar-refractivity contribution is -0.384. The monoisotopic (exact) mass is 278 g/mol. The number of nitro benzene ring substituents is 1. The number of carboxylic acids is 1. The number of carboxylic acid groups (broad SMARTS) is 1. The van der Waals surface area contributed by atoms with E-state index in [2.05, 4.69) is 5.32 Å². The Morgan fingerprint density at radius 2 is 1.90 bits per heavy atom. The second-order valence-corrected chi connectivity index (χ2v) is 4.82. The Kier molecular flexibility index (Phi) is 3.97. The topological polar surface area (TPSA) is 110 Å². The van der Waals surface area contributed by atoms with Crippen molar-refractivity contribution in [3.05, 3.63) is 39.9 Å². The molecule has 1 aromatic carbocycles. The van der Waals surface area contributed by atoms with Gasteiger partial charge in [-0.2, -0.15) is 0 Å². The van der Waals surface area contributed by atoms with E-state index >= 15 is 0 Å². The van der Waals surface area contributed by atoms with Crippen molar-refractivity contribution in [2.45, 2.75) is 25.3 Å². The molecular formula is C13H14N2O5. The molecule has 1 aliphatic rings. The van der Waals surface area contributed by atoms with Gasteiger partial charge in [-0.25, -0.2) is 0 Å². The van der Waals surface area contributed by atoms with E-state index in [1.807, 2.05) is 0 Å². The fraction of sp³-hybridized carbons (Fsp3) is 0.385. The van der Waals surface area contributed by atoms with Gasteiger partial charge in [0.15, 0.2) is 0 Å². The van der Waals surface area contributed by atoms with E-state index in [0.717, 1.165) is 0 Å². The largest absolute Gasteiger partial charge is 0.481 e. The molecule has 7 nitrogen and oxygen atoms in total. The summed E-state index contributed by atoms with van der Waals surface area (Å²) >= 11 is 0. The quantitative estimate of drug-likeness (QED) is 0.641. The Morgan fingerprint density at radius 3 is 2.40 bits per heavy atom. The molecule has 0 unspecified atom stereocenters. The molecule has 0 saturated heterocycles. The highest BCUT2D eigenvalue weighted by molar-refractivity contribution is 5.94. The fourth-order valence-electron chi connectivity index (χ4n) is 2.34. The van der Waals surface area contributed by atoms with Gasteiger partial charge in [0.25, 0.3) is 11.6 Å². The zero-order valence-electron chi connectivity index (χ0n) is 10.6. The highest BCUT2D eigenvalue weighted by Crippen LogP contribution is 2.26. The van der Waals surface area contributed by atoms with E-state index in [-0.39, 0.29) is 17.6 Å². The predicted octanol–water partition coefficient (Wildman–Crippen LogP) is 1.58. The van der Waals surface area contributed by atoms with Crippen molar-refractivity contribution in [3.8, 4) is 0 Å². The predicted molar refractivity (Wildman–Crippen MR) is 69.3 cm³/mol. The number of carbonyl (C=O) groups excluding carboxylic acids is 1. The molecule has 2 atom stereocenters. The van der Waals surface area contributed by atoms with Crippen molar-refractivity contribution in [2.24, 2.45) is 5.92 Å². The molecule has 106 valence electrons. The minimum atomic E-state index is -0.836. The van der Waals surface area contributed by atoms with Crippen LogP contribution < -0.4 is 5.32 Å². The third kappa shape index (κ3) is 3.11. The molecule has 2 N–H and O–H groups in total. The fourth-order valence-corrected chi connectivity index (χ4v) is 2.34. The molecule has 2 rings (SSSR count). The highest BCUT2D eigenvalue weighted by atomic mass is 16.6. The van der Waals surface area contributed by atoms with Crippen LogP contribution in [0.4, 0.5) is 5.69 Å². The Labute approximate surface area is 114 Å². The van der Waals surface area contributed by atoms with Gasteiger partial charge in [-0.15, -0.1) is 0 Å². The molecule has 0 bridgehead atoms. The van der Waals surface area contributed by atoms with Crippen LogP contribution in [0.2, 0.25) is 0 Å². The van der Waals surface area contributed by atoms with Crippen LogP contribution >= 0.6 is 0 Å². The van der Waals surface area contributed by atoms with Crippen molar-refractivity contribution < 1.29 is 19.6 Å². The molecule has 1 saturated carbocycles. The van der Waals surface area contributed by atoms with Gasteiger partial charge in [0.05, 0.1) is 10.8 Å². The lowest BCUT2D eigenvalue weighted by Crippen LogP contribution is -2.33. The number of carbonyl (C=O) groups is 2. The summed E-state index contributed by atoms with van der Waals surface area (Å²) in [6, 6.07) is 5.15. The first-order valence-corrected chi connectivity index (χ1v) is 6.25. The first kappa shape index (κ1) is 14.0. The van der Waals surface area contributed by atoms with Gasteiger partial charge in [-0.05, 0) is 31.4 Å². The average molecular weight is 278 g/mol. The molecule has 1 fully saturated rings. The number of amides is 1. The van der Waals surface area contributed by atoms with E-state index in [0.29, 0.717) is 24.8 Å². The summed E-state index contributed by atoms with van der Waals surface area (Å²) in [6.07, 6.45) is 1.62. The summed E-state index contributed by atoms with van der Waals surface area (Å²) in [4.78, 5) is 32.7. The molecule has 0 spiro atoms. The number of nitro groups is 1. The summed E-state index contributed by atoms with van der Waals surface area (Å²) in [5, 5.41) is 22.2. The van der Waals surface area contributed by atoms with Crippen molar-refractivity contribution in [3.63, 3.8) is 0 Å². The molecule has 1 aromatic rings. The Bertz CT molecular complexity index is 540. The molecule has 0 aliphatic heterocycles. The summed E-state index contributed by atoms with van der Waals surface area (Å²) in [5.41, 5.74) is 0.253. The van der Waals surface area contributed by atoms with E-state index < -0.39 is 16.8 Å². The van der Waals surface area contributed by atoms with Crippen LogP contribution in [-0.4, -0.2) is 27.9 Å². The van der Waals surface area contributed by atoms with Crippen LogP contribution in [0, 0.1) is 16.0 Å². The van der Waals surface area contributed by atoms with Gasteiger partial charge >= 0.3 is 5.97 Å². The van der Waals surface area contributed by atoms with E-state index in [9.17, 15) is 19.7 Å². The first-order valence-electron chi connectivity index (χ1n) is 6.25. The van der Waals surface area contributed by atoms with Crippen LogP contribution in [0.3, 0.4) is 0 Å². The third-order valence-electron chi connectivity index (χ3n) is 3.46. The maximum Gasteiger partial charge on any atom is 0.306 e. The van der Waals surface area contributed by atoms with Gasteiger partial charge in [0.2, 0.25) is 0 Å². The van der Waals surface area contributed by atoms with Gasteiger partial charge < -0.3 is 10.4 Å². The molecule has 20 heavy (non-hydrogen) atoms. The maximum atomic E-state index is 11.9. The summed E-state index contributed by atoms with van der Waals surface area (Å²) in [7, 11) is 0. The van der Waals surface area contributed by atoms with E-state index in [1.54, 1.807) is 0 Å². The van der Waals surface area contributed by atoms with E-state index in [4.69, 9.17) is 5.11 Å². The Morgan fingerprint density at radius 1 is 1.25 bits per heavy atom. The van der Waals surface area contributed by atoms with Gasteiger partial charge in [-0.3, -0.25) is 19.7 Å². The minimum absolute atomic E-state index is 0.0756. The molecule has 0 heterocycles. The Hall–Kier alpha value is -2.44. The first-order chi connectivity index (χ1) is 9.47. The number of nitrogens with zero attached hydrogens (tertiary/aromatic N) is 1. The maximum absolute atomic E-state index is 11.9. The molecular weight excluding hydrogens is 264 g/mol. The number of benzene rings is 1. The standard InChI is InChI=1S/C13H14N2O5/c16-12(8-2-5-11(6-3-8)15(19)20)14-10-4-1-9(7-10)13(17)18/h2-3,5-6,9-10H,1,4,7H2,(H,14,16)(H,17,18)/t9-,10+/m1/s1. The number of hydrogen-bond donors (Lipinski definition) is 2. The number of hydrogen-bond acceptors (Lipinski definition) is 4. The molecule has 1 aliphatic carbocycles. The summed E-state index contributed by atoms with van der Waals surface area (Å²) < 4.78 is 0.